The van der Waals surface area contributed by atoms with Crippen molar-refractivity contribution < 1.29 is 9.84 Å². The Hall–Kier alpha value is -0.900. The van der Waals surface area contributed by atoms with Crippen LogP contribution in [0.25, 0.3) is 0 Å². The second-order valence-corrected chi connectivity index (χ2v) is 6.29. The third kappa shape index (κ3) is 3.40. The minimum absolute atomic E-state index is 0.115. The molecule has 3 unspecified atom stereocenters. The molecule has 3 nitrogen and oxygen atoms in total. The number of hydrogen-bond acceptors (Lipinski definition) is 3. The van der Waals surface area contributed by atoms with Crippen LogP contribution < -0.4 is 5.32 Å². The van der Waals surface area contributed by atoms with Gasteiger partial charge < -0.3 is 15.2 Å². The topological polar surface area (TPSA) is 41.5 Å². The second kappa shape index (κ2) is 6.70. The van der Waals surface area contributed by atoms with Crippen LogP contribution in [0.2, 0.25) is 0 Å². The first-order valence-corrected chi connectivity index (χ1v) is 7.60. The first-order valence-electron chi connectivity index (χ1n) is 7.60. The molecule has 0 saturated heterocycles. The molecule has 0 amide bonds. The molecule has 2 N–H and O–H groups in total. The molecule has 3 heteroatoms. The number of aliphatic hydroxyl groups excluding tert-OH is 1. The molecule has 20 heavy (non-hydrogen) atoms. The van der Waals surface area contributed by atoms with Crippen LogP contribution in [0.4, 0.5) is 0 Å². The molecule has 0 aliphatic heterocycles. The molecule has 3 atom stereocenters. The molecule has 0 bridgehead atoms. The zero-order valence-corrected chi connectivity index (χ0v) is 12.8. The number of benzene rings is 1. The van der Waals surface area contributed by atoms with Crippen molar-refractivity contribution >= 4 is 0 Å². The Labute approximate surface area is 122 Å². The molecule has 1 aromatic rings. The number of nitrogens with one attached hydrogen (secondary N) is 1. The van der Waals surface area contributed by atoms with E-state index in [-0.39, 0.29) is 18.1 Å². The fourth-order valence-electron chi connectivity index (χ4n) is 3.01. The lowest BCUT2D eigenvalue weighted by molar-refractivity contribution is -0.117. The minimum Gasteiger partial charge on any atom is -0.395 e. The van der Waals surface area contributed by atoms with Crippen LogP contribution in [0.1, 0.15) is 32.8 Å². The van der Waals surface area contributed by atoms with Gasteiger partial charge in [0.2, 0.25) is 0 Å². The Morgan fingerprint density at radius 3 is 2.60 bits per heavy atom. The lowest BCUT2D eigenvalue weighted by atomic mass is 9.64. The largest absolute Gasteiger partial charge is 0.395 e. The summed E-state index contributed by atoms with van der Waals surface area (Å²) in [6.45, 7) is 7.47. The summed E-state index contributed by atoms with van der Waals surface area (Å²) in [7, 11) is 0. The Morgan fingerprint density at radius 2 is 2.05 bits per heavy atom. The molecule has 0 heterocycles. The van der Waals surface area contributed by atoms with E-state index in [0.29, 0.717) is 12.1 Å². The predicted octanol–water partition coefficient (Wildman–Crippen LogP) is 2.38. The lowest BCUT2D eigenvalue weighted by Crippen LogP contribution is -2.63. The average molecular weight is 277 g/mol. The highest BCUT2D eigenvalue weighted by molar-refractivity contribution is 5.16. The van der Waals surface area contributed by atoms with E-state index in [0.717, 1.165) is 19.4 Å². The van der Waals surface area contributed by atoms with Gasteiger partial charge in [-0.25, -0.2) is 0 Å². The monoisotopic (exact) mass is 277 g/mol. The maximum atomic E-state index is 9.60. The van der Waals surface area contributed by atoms with Crippen LogP contribution in [0.3, 0.4) is 0 Å². The van der Waals surface area contributed by atoms with Crippen LogP contribution in [0.15, 0.2) is 30.3 Å². The van der Waals surface area contributed by atoms with Gasteiger partial charge in [0, 0.05) is 24.1 Å². The van der Waals surface area contributed by atoms with E-state index in [1.165, 1.54) is 5.56 Å². The van der Waals surface area contributed by atoms with E-state index in [2.05, 4.69) is 31.3 Å². The van der Waals surface area contributed by atoms with E-state index in [1.54, 1.807) is 0 Å². The van der Waals surface area contributed by atoms with Gasteiger partial charge in [0.25, 0.3) is 0 Å². The molecule has 0 radical (unpaired) electrons. The van der Waals surface area contributed by atoms with Gasteiger partial charge in [-0.05, 0) is 25.3 Å². The quantitative estimate of drug-likeness (QED) is 0.804. The molecule has 1 aliphatic carbocycles. The first-order chi connectivity index (χ1) is 9.57. The highest BCUT2D eigenvalue weighted by atomic mass is 16.5. The third-order valence-corrected chi connectivity index (χ3v) is 4.53. The minimum atomic E-state index is 0.115. The zero-order valence-electron chi connectivity index (χ0n) is 12.8. The molecule has 1 aliphatic rings. The van der Waals surface area contributed by atoms with Crippen LogP contribution >= 0.6 is 0 Å². The van der Waals surface area contributed by atoms with Crippen molar-refractivity contribution in [1.29, 1.82) is 0 Å². The maximum absolute atomic E-state index is 9.60. The fourth-order valence-corrected chi connectivity index (χ4v) is 3.01. The number of aliphatic hydroxyl groups is 1. The Bertz CT molecular complexity index is 405. The number of hydrogen-bond donors (Lipinski definition) is 2. The molecule has 0 aromatic heterocycles. The molecule has 0 spiro atoms. The SMILES string of the molecule is CCOC1CC(NC(CO)Cc2ccccc2)C1(C)C. The Balaban J connectivity index is 1.88. The van der Waals surface area contributed by atoms with Crippen molar-refractivity contribution in [3.63, 3.8) is 0 Å². The molecule has 1 saturated carbocycles. The average Bonchev–Trinajstić information content (AvgIpc) is 2.46. The lowest BCUT2D eigenvalue weighted by Gasteiger charge is -2.52. The molecule has 112 valence electrons. The highest BCUT2D eigenvalue weighted by Crippen LogP contribution is 2.42. The summed E-state index contributed by atoms with van der Waals surface area (Å²) in [5.41, 5.74) is 1.40. The standard InChI is InChI=1S/C17H27NO2/c1-4-20-16-11-15(17(16,2)3)18-14(12-19)10-13-8-6-5-7-9-13/h5-9,14-16,18-19H,4,10-12H2,1-3H3. The van der Waals surface area contributed by atoms with Gasteiger partial charge in [-0.2, -0.15) is 0 Å². The van der Waals surface area contributed by atoms with E-state index in [4.69, 9.17) is 4.74 Å². The van der Waals surface area contributed by atoms with Crippen LogP contribution in [-0.2, 0) is 11.2 Å². The molecular formula is C17H27NO2. The summed E-state index contributed by atoms with van der Waals surface area (Å²) in [6, 6.07) is 10.9. The van der Waals surface area contributed by atoms with Gasteiger partial charge in [-0.1, -0.05) is 44.2 Å². The van der Waals surface area contributed by atoms with Crippen LogP contribution in [-0.4, -0.2) is 36.5 Å². The van der Waals surface area contributed by atoms with Gasteiger partial charge in [-0.15, -0.1) is 0 Å². The van der Waals surface area contributed by atoms with Gasteiger partial charge in [0.1, 0.15) is 0 Å². The summed E-state index contributed by atoms with van der Waals surface area (Å²) < 4.78 is 5.75. The van der Waals surface area contributed by atoms with Crippen molar-refractivity contribution in [1.82, 2.24) is 5.32 Å². The van der Waals surface area contributed by atoms with Gasteiger partial charge in [0.05, 0.1) is 12.7 Å². The third-order valence-electron chi connectivity index (χ3n) is 4.53. The number of rotatable bonds is 7. The number of ether oxygens (including phenoxy) is 1. The van der Waals surface area contributed by atoms with Crippen LogP contribution in [0.5, 0.6) is 0 Å². The summed E-state index contributed by atoms with van der Waals surface area (Å²) in [5.74, 6) is 0. The summed E-state index contributed by atoms with van der Waals surface area (Å²) >= 11 is 0. The van der Waals surface area contributed by atoms with Gasteiger partial charge in [-0.3, -0.25) is 0 Å². The summed E-state index contributed by atoms with van der Waals surface area (Å²) in [4.78, 5) is 0. The zero-order chi connectivity index (χ0) is 14.6. The molecule has 1 aromatic carbocycles. The Morgan fingerprint density at radius 1 is 1.35 bits per heavy atom. The highest BCUT2D eigenvalue weighted by Gasteiger charge is 2.49. The maximum Gasteiger partial charge on any atom is 0.0655 e. The molecular weight excluding hydrogens is 250 g/mol. The van der Waals surface area contributed by atoms with Gasteiger partial charge >= 0.3 is 0 Å². The molecule has 1 fully saturated rings. The Kier molecular flexibility index (Phi) is 5.19. The first kappa shape index (κ1) is 15.5. The van der Waals surface area contributed by atoms with Crippen molar-refractivity contribution in [2.24, 2.45) is 5.41 Å². The fraction of sp³-hybridized carbons (Fsp3) is 0.647. The summed E-state index contributed by atoms with van der Waals surface area (Å²) in [5, 5.41) is 13.2. The van der Waals surface area contributed by atoms with Crippen LogP contribution in [0, 0.1) is 5.41 Å². The van der Waals surface area contributed by atoms with E-state index < -0.39 is 0 Å². The van der Waals surface area contributed by atoms with E-state index >= 15 is 0 Å². The van der Waals surface area contributed by atoms with Gasteiger partial charge in [0.15, 0.2) is 0 Å². The molecule has 2 rings (SSSR count). The smallest absolute Gasteiger partial charge is 0.0655 e. The summed E-state index contributed by atoms with van der Waals surface area (Å²) in [6.07, 6.45) is 2.23. The van der Waals surface area contributed by atoms with Crippen molar-refractivity contribution in [2.45, 2.75) is 51.8 Å². The van der Waals surface area contributed by atoms with E-state index in [1.807, 2.05) is 25.1 Å². The predicted molar refractivity (Wildman–Crippen MR) is 81.8 cm³/mol. The van der Waals surface area contributed by atoms with E-state index in [9.17, 15) is 5.11 Å². The normalized spacial score (nSPS) is 26.0. The van der Waals surface area contributed by atoms with Crippen molar-refractivity contribution in [2.75, 3.05) is 13.2 Å². The van der Waals surface area contributed by atoms with Crippen molar-refractivity contribution in [3.8, 4) is 0 Å². The second-order valence-electron chi connectivity index (χ2n) is 6.29. The van der Waals surface area contributed by atoms with Crippen molar-refractivity contribution in [3.05, 3.63) is 35.9 Å².